The summed E-state index contributed by atoms with van der Waals surface area (Å²) < 4.78 is 5.48. The summed E-state index contributed by atoms with van der Waals surface area (Å²) >= 11 is 0. The molecule has 0 saturated heterocycles. The van der Waals surface area contributed by atoms with Gasteiger partial charge in [-0.25, -0.2) is 0 Å². The van der Waals surface area contributed by atoms with Crippen LogP contribution in [0.15, 0.2) is 24.3 Å². The average Bonchev–Trinajstić information content (AvgIpc) is 2.62. The van der Waals surface area contributed by atoms with Crippen molar-refractivity contribution in [2.24, 2.45) is 0 Å². The van der Waals surface area contributed by atoms with Crippen molar-refractivity contribution in [3.05, 3.63) is 24.3 Å². The van der Waals surface area contributed by atoms with Crippen molar-refractivity contribution in [3.63, 3.8) is 0 Å². The van der Waals surface area contributed by atoms with Gasteiger partial charge in [-0.1, -0.05) is 88.5 Å². The van der Waals surface area contributed by atoms with E-state index in [4.69, 9.17) is 4.74 Å². The van der Waals surface area contributed by atoms with Gasteiger partial charge in [-0.05, 0) is 39.0 Å². The van der Waals surface area contributed by atoms with Crippen LogP contribution in [0.3, 0.4) is 0 Å². The molecule has 2 nitrogen and oxygen atoms in total. The molecule has 0 bridgehead atoms. The maximum atomic E-state index is 11.8. The summed E-state index contributed by atoms with van der Waals surface area (Å²) in [6, 6.07) is 0. The molecule has 0 saturated carbocycles. The second kappa shape index (κ2) is 17.4. The molecule has 2 heteroatoms. The van der Waals surface area contributed by atoms with Crippen molar-refractivity contribution in [1.82, 2.24) is 0 Å². The van der Waals surface area contributed by atoms with Crippen LogP contribution in [0.1, 0.15) is 116 Å². The minimum atomic E-state index is -0.0247. The maximum absolute atomic E-state index is 11.8. The molecular formula is C24H42O2. The Balaban J connectivity index is 2.25. The molecule has 1 atom stereocenters. The summed E-state index contributed by atoms with van der Waals surface area (Å²) in [7, 11) is 0. The molecular weight excluding hydrogens is 320 g/mol. The van der Waals surface area contributed by atoms with Crippen LogP contribution >= 0.6 is 0 Å². The van der Waals surface area contributed by atoms with Crippen LogP contribution in [0.2, 0.25) is 0 Å². The Kier molecular flexibility index (Phi) is 15.4. The largest absolute Gasteiger partial charge is 0.462 e. The molecule has 0 aromatic heterocycles. The van der Waals surface area contributed by atoms with E-state index in [2.05, 4.69) is 24.3 Å². The number of carbonyl (C=O) groups is 1. The van der Waals surface area contributed by atoms with Crippen molar-refractivity contribution in [1.29, 1.82) is 0 Å². The molecule has 1 rings (SSSR count). The second-order valence-electron chi connectivity index (χ2n) is 7.84. The normalized spacial score (nSPS) is 27.0. The average molecular weight is 363 g/mol. The number of esters is 1. The van der Waals surface area contributed by atoms with Crippen LogP contribution in [0, 0.1) is 0 Å². The highest BCUT2D eigenvalue weighted by molar-refractivity contribution is 5.69. The zero-order chi connectivity index (χ0) is 18.7. The summed E-state index contributed by atoms with van der Waals surface area (Å²) in [4.78, 5) is 11.8. The lowest BCUT2D eigenvalue weighted by Gasteiger charge is -2.11. The highest BCUT2D eigenvalue weighted by Crippen LogP contribution is 2.14. The summed E-state index contributed by atoms with van der Waals surface area (Å²) in [5.41, 5.74) is 0. The third-order valence-electron chi connectivity index (χ3n) is 5.14. The number of hydrogen-bond acceptors (Lipinski definition) is 2. The predicted molar refractivity (Wildman–Crippen MR) is 112 cm³/mol. The van der Waals surface area contributed by atoms with Gasteiger partial charge in [0, 0.05) is 12.8 Å². The Labute approximate surface area is 162 Å². The lowest BCUT2D eigenvalue weighted by atomic mass is 10.0. The Morgan fingerprint density at radius 1 is 0.654 bits per heavy atom. The number of hydrogen-bond donors (Lipinski definition) is 0. The molecule has 0 radical (unpaired) electrons. The fourth-order valence-corrected chi connectivity index (χ4v) is 3.46. The number of cyclic esters (lactones) is 1. The summed E-state index contributed by atoms with van der Waals surface area (Å²) in [6.45, 7) is 1.99. The first-order chi connectivity index (χ1) is 12.8. The SMILES string of the molecule is C[C@@H]1C/C=C/CC/C=C/CCCCCCCCCCCCCCC(=O)O1. The molecule has 150 valence electrons. The zero-order valence-electron chi connectivity index (χ0n) is 17.2. The van der Waals surface area contributed by atoms with Gasteiger partial charge in [-0.3, -0.25) is 4.79 Å². The van der Waals surface area contributed by atoms with Crippen molar-refractivity contribution in [2.45, 2.75) is 122 Å². The third-order valence-corrected chi connectivity index (χ3v) is 5.14. The van der Waals surface area contributed by atoms with Crippen LogP contribution < -0.4 is 0 Å². The zero-order valence-corrected chi connectivity index (χ0v) is 17.2. The van der Waals surface area contributed by atoms with Gasteiger partial charge in [0.15, 0.2) is 0 Å². The fraction of sp³-hybridized carbons (Fsp3) is 0.792. The van der Waals surface area contributed by atoms with Gasteiger partial charge in [0.25, 0.3) is 0 Å². The molecule has 0 aliphatic carbocycles. The van der Waals surface area contributed by atoms with Gasteiger partial charge >= 0.3 is 5.97 Å². The topological polar surface area (TPSA) is 26.3 Å². The van der Waals surface area contributed by atoms with Crippen LogP contribution in [0.5, 0.6) is 0 Å². The number of ether oxygens (including phenoxy) is 1. The standard InChI is InChI=1S/C24H42O2/c1-23-21-19-17-15-13-11-9-7-5-3-2-4-6-8-10-12-14-16-18-20-22-24(25)26-23/h9,11,17,19,23H,2-8,10,12-16,18,20-22H2,1H3/b11-9+,19-17+/t23-/m1/s1. The van der Waals surface area contributed by atoms with Gasteiger partial charge in [0.05, 0.1) is 0 Å². The Hall–Kier alpha value is -1.05. The highest BCUT2D eigenvalue weighted by Gasteiger charge is 2.07. The molecule has 1 aliphatic heterocycles. The highest BCUT2D eigenvalue weighted by atomic mass is 16.5. The molecule has 0 aromatic rings. The first-order valence-corrected chi connectivity index (χ1v) is 11.3. The molecule has 0 fully saturated rings. The number of carbonyl (C=O) groups excluding carboxylic acids is 1. The van der Waals surface area contributed by atoms with E-state index in [9.17, 15) is 4.79 Å². The monoisotopic (exact) mass is 362 g/mol. The molecule has 26 heavy (non-hydrogen) atoms. The van der Waals surface area contributed by atoms with E-state index in [0.29, 0.717) is 6.42 Å². The van der Waals surface area contributed by atoms with Crippen LogP contribution in [0.4, 0.5) is 0 Å². The van der Waals surface area contributed by atoms with Crippen LogP contribution in [-0.4, -0.2) is 12.1 Å². The number of allylic oxidation sites excluding steroid dienone is 3. The van der Waals surface area contributed by atoms with E-state index in [1.807, 2.05) is 6.92 Å². The lowest BCUT2D eigenvalue weighted by molar-refractivity contribution is -0.148. The third kappa shape index (κ3) is 15.2. The molecule has 1 heterocycles. The van der Waals surface area contributed by atoms with Crippen molar-refractivity contribution < 1.29 is 9.53 Å². The predicted octanol–water partition coefficient (Wildman–Crippen LogP) is 7.68. The van der Waals surface area contributed by atoms with Crippen molar-refractivity contribution in [3.8, 4) is 0 Å². The summed E-state index contributed by atoms with van der Waals surface area (Å²) in [5, 5.41) is 0. The molecule has 1 aliphatic rings. The molecule has 0 spiro atoms. The maximum Gasteiger partial charge on any atom is 0.306 e. The van der Waals surface area contributed by atoms with Crippen molar-refractivity contribution in [2.75, 3.05) is 0 Å². The Morgan fingerprint density at radius 3 is 1.73 bits per heavy atom. The molecule has 0 aromatic carbocycles. The Bertz CT molecular complexity index is 384. The minimum absolute atomic E-state index is 0.000152. The molecule has 0 amide bonds. The van der Waals surface area contributed by atoms with Gasteiger partial charge in [-0.2, -0.15) is 0 Å². The van der Waals surface area contributed by atoms with E-state index in [1.54, 1.807) is 0 Å². The van der Waals surface area contributed by atoms with E-state index in [1.165, 1.54) is 70.6 Å². The van der Waals surface area contributed by atoms with Crippen LogP contribution in [0.25, 0.3) is 0 Å². The van der Waals surface area contributed by atoms with Crippen molar-refractivity contribution >= 4 is 5.97 Å². The van der Waals surface area contributed by atoms with Gasteiger partial charge in [0.1, 0.15) is 6.10 Å². The van der Waals surface area contributed by atoms with Crippen LogP contribution in [-0.2, 0) is 9.53 Å². The van der Waals surface area contributed by atoms with Gasteiger partial charge < -0.3 is 4.74 Å². The van der Waals surface area contributed by atoms with Gasteiger partial charge in [-0.15, -0.1) is 0 Å². The summed E-state index contributed by atoms with van der Waals surface area (Å²) in [5.74, 6) is -0.0247. The summed E-state index contributed by atoms with van der Waals surface area (Å²) in [6.07, 6.45) is 29.7. The minimum Gasteiger partial charge on any atom is -0.462 e. The van der Waals surface area contributed by atoms with E-state index in [0.717, 1.165) is 32.1 Å². The lowest BCUT2D eigenvalue weighted by Crippen LogP contribution is -2.13. The first kappa shape index (κ1) is 23.0. The Morgan fingerprint density at radius 2 is 1.12 bits per heavy atom. The number of rotatable bonds is 0. The fourth-order valence-electron chi connectivity index (χ4n) is 3.46. The van der Waals surface area contributed by atoms with Gasteiger partial charge in [0.2, 0.25) is 0 Å². The van der Waals surface area contributed by atoms with E-state index in [-0.39, 0.29) is 12.1 Å². The second-order valence-corrected chi connectivity index (χ2v) is 7.84. The smallest absolute Gasteiger partial charge is 0.306 e. The molecule has 0 N–H and O–H groups in total. The van der Waals surface area contributed by atoms with E-state index < -0.39 is 0 Å². The first-order valence-electron chi connectivity index (χ1n) is 11.3. The quantitative estimate of drug-likeness (QED) is 0.326. The van der Waals surface area contributed by atoms with E-state index >= 15 is 0 Å². The molecule has 0 unspecified atom stereocenters.